The van der Waals surface area contributed by atoms with Crippen molar-refractivity contribution in [1.29, 1.82) is 0 Å². The van der Waals surface area contributed by atoms with Crippen LogP contribution in [-0.2, 0) is 11.2 Å². The highest BCUT2D eigenvalue weighted by Gasteiger charge is 2.16. The molecule has 0 saturated carbocycles. The number of anilines is 3. The minimum absolute atomic E-state index is 0.254. The lowest BCUT2D eigenvalue weighted by Gasteiger charge is -2.14. The first-order valence-electron chi connectivity index (χ1n) is 7.55. The minimum Gasteiger partial charge on any atom is -0.393 e. The van der Waals surface area contributed by atoms with Crippen LogP contribution < -0.4 is 16.4 Å². The largest absolute Gasteiger partial charge is 0.393 e. The van der Waals surface area contributed by atoms with Gasteiger partial charge in [-0.15, -0.1) is 11.3 Å². The molecule has 1 atom stereocenters. The lowest BCUT2D eigenvalue weighted by Crippen LogP contribution is -2.20. The van der Waals surface area contributed by atoms with Gasteiger partial charge in [-0.1, -0.05) is 6.07 Å². The van der Waals surface area contributed by atoms with E-state index >= 15 is 0 Å². The number of nitrogens with two attached hydrogens (primary N) is 1. The highest BCUT2D eigenvalue weighted by Crippen LogP contribution is 2.23. The van der Waals surface area contributed by atoms with Crippen LogP contribution >= 0.6 is 11.3 Å². The van der Waals surface area contributed by atoms with Crippen molar-refractivity contribution in [2.45, 2.75) is 25.4 Å². The fourth-order valence-corrected chi connectivity index (χ4v) is 3.16. The van der Waals surface area contributed by atoms with Crippen LogP contribution in [0.2, 0.25) is 0 Å². The second-order valence-corrected chi connectivity index (χ2v) is 6.29. The molecule has 0 aromatic carbocycles. The smallest absolute Gasteiger partial charge is 0.154 e. The molecule has 2 aromatic rings. The molecule has 1 aliphatic rings. The summed E-state index contributed by atoms with van der Waals surface area (Å²) in [6, 6.07) is 4.19. The van der Waals surface area contributed by atoms with E-state index in [4.69, 9.17) is 10.5 Å². The molecule has 4 N–H and O–H groups in total. The summed E-state index contributed by atoms with van der Waals surface area (Å²) in [6.45, 7) is 2.38. The van der Waals surface area contributed by atoms with Gasteiger partial charge in [-0.25, -0.2) is 9.97 Å². The number of rotatable bonds is 7. The SMILES string of the molecule is Nc1c(NCCc2cccs2)ncnc1NCC1CCCO1. The summed E-state index contributed by atoms with van der Waals surface area (Å²) in [6.07, 6.45) is 4.96. The summed E-state index contributed by atoms with van der Waals surface area (Å²) in [5, 5.41) is 8.62. The molecule has 0 aliphatic carbocycles. The molecule has 118 valence electrons. The number of hydrogen-bond acceptors (Lipinski definition) is 7. The maximum Gasteiger partial charge on any atom is 0.154 e. The average Bonchev–Trinajstić information content (AvgIpc) is 3.21. The summed E-state index contributed by atoms with van der Waals surface area (Å²) in [7, 11) is 0. The van der Waals surface area contributed by atoms with Gasteiger partial charge in [0.05, 0.1) is 6.10 Å². The summed E-state index contributed by atoms with van der Waals surface area (Å²) in [4.78, 5) is 9.78. The summed E-state index contributed by atoms with van der Waals surface area (Å²) in [5.41, 5.74) is 6.70. The third kappa shape index (κ3) is 3.86. The zero-order chi connectivity index (χ0) is 15.2. The Kier molecular flexibility index (Phi) is 5.07. The molecule has 1 aliphatic heterocycles. The molecular weight excluding hydrogens is 298 g/mol. The fourth-order valence-electron chi connectivity index (χ4n) is 2.45. The van der Waals surface area contributed by atoms with E-state index in [9.17, 15) is 0 Å². The van der Waals surface area contributed by atoms with Crippen LogP contribution in [0.1, 0.15) is 17.7 Å². The molecule has 6 nitrogen and oxygen atoms in total. The molecule has 1 unspecified atom stereocenters. The van der Waals surface area contributed by atoms with Gasteiger partial charge in [0.2, 0.25) is 0 Å². The van der Waals surface area contributed by atoms with Crippen LogP contribution in [0.5, 0.6) is 0 Å². The van der Waals surface area contributed by atoms with E-state index in [-0.39, 0.29) is 6.10 Å². The van der Waals surface area contributed by atoms with E-state index in [0.29, 0.717) is 17.3 Å². The molecular formula is C15H21N5OS. The summed E-state index contributed by atoms with van der Waals surface area (Å²) in [5.74, 6) is 1.35. The van der Waals surface area contributed by atoms with Crippen LogP contribution in [-0.4, -0.2) is 35.8 Å². The van der Waals surface area contributed by atoms with Crippen molar-refractivity contribution in [3.05, 3.63) is 28.7 Å². The molecule has 1 saturated heterocycles. The predicted octanol–water partition coefficient (Wildman–Crippen LogP) is 2.37. The van der Waals surface area contributed by atoms with Crippen molar-refractivity contribution in [3.63, 3.8) is 0 Å². The van der Waals surface area contributed by atoms with Crippen LogP contribution in [0.25, 0.3) is 0 Å². The van der Waals surface area contributed by atoms with Gasteiger partial charge in [-0.3, -0.25) is 0 Å². The molecule has 0 bridgehead atoms. The van der Waals surface area contributed by atoms with Gasteiger partial charge < -0.3 is 21.1 Å². The van der Waals surface area contributed by atoms with Gasteiger partial charge >= 0.3 is 0 Å². The number of thiophene rings is 1. The fraction of sp³-hybridized carbons (Fsp3) is 0.467. The lowest BCUT2D eigenvalue weighted by atomic mass is 10.2. The number of aromatic nitrogens is 2. The highest BCUT2D eigenvalue weighted by molar-refractivity contribution is 7.09. The minimum atomic E-state index is 0.254. The number of ether oxygens (including phenoxy) is 1. The summed E-state index contributed by atoms with van der Waals surface area (Å²) < 4.78 is 5.59. The molecule has 2 aromatic heterocycles. The Morgan fingerprint density at radius 2 is 2.18 bits per heavy atom. The van der Waals surface area contributed by atoms with Gasteiger partial charge in [-0.05, 0) is 30.7 Å². The molecule has 1 fully saturated rings. The van der Waals surface area contributed by atoms with Crippen molar-refractivity contribution >= 4 is 28.7 Å². The Hall–Kier alpha value is -1.86. The van der Waals surface area contributed by atoms with E-state index in [2.05, 4.69) is 38.1 Å². The molecule has 0 spiro atoms. The molecule has 3 heterocycles. The van der Waals surface area contributed by atoms with Crippen molar-refractivity contribution < 1.29 is 4.74 Å². The maximum absolute atomic E-state index is 6.14. The predicted molar refractivity (Wildman–Crippen MR) is 90.4 cm³/mol. The highest BCUT2D eigenvalue weighted by atomic mass is 32.1. The summed E-state index contributed by atoms with van der Waals surface area (Å²) >= 11 is 1.76. The Bertz CT molecular complexity index is 584. The quantitative estimate of drug-likeness (QED) is 0.726. The molecule has 3 rings (SSSR count). The Balaban J connectivity index is 1.53. The van der Waals surface area contributed by atoms with E-state index in [1.165, 1.54) is 11.2 Å². The Labute approximate surface area is 134 Å². The zero-order valence-corrected chi connectivity index (χ0v) is 13.2. The monoisotopic (exact) mass is 319 g/mol. The van der Waals surface area contributed by atoms with Crippen molar-refractivity contribution in [3.8, 4) is 0 Å². The number of nitrogens with one attached hydrogen (secondary N) is 2. The van der Waals surface area contributed by atoms with Gasteiger partial charge in [0.1, 0.15) is 12.0 Å². The maximum atomic E-state index is 6.14. The van der Waals surface area contributed by atoms with Crippen LogP contribution in [0, 0.1) is 0 Å². The first kappa shape index (κ1) is 15.1. The van der Waals surface area contributed by atoms with Crippen molar-refractivity contribution in [2.75, 3.05) is 36.1 Å². The van der Waals surface area contributed by atoms with Crippen molar-refractivity contribution in [1.82, 2.24) is 9.97 Å². The molecule has 0 amide bonds. The van der Waals surface area contributed by atoms with Crippen LogP contribution in [0.15, 0.2) is 23.8 Å². The average molecular weight is 319 g/mol. The molecule has 7 heteroatoms. The molecule has 22 heavy (non-hydrogen) atoms. The van der Waals surface area contributed by atoms with Crippen LogP contribution in [0.3, 0.4) is 0 Å². The van der Waals surface area contributed by atoms with Crippen LogP contribution in [0.4, 0.5) is 17.3 Å². The standard InChI is InChI=1S/C15H21N5OS/c16-13-14(17-6-5-12-4-2-8-22-12)19-10-20-15(13)18-9-11-3-1-7-21-11/h2,4,8,10-11H,1,3,5-7,9,16H2,(H2,17,18,19,20). The van der Waals surface area contributed by atoms with E-state index in [0.717, 1.165) is 39.0 Å². The number of nitrogen functional groups attached to an aromatic ring is 1. The van der Waals surface area contributed by atoms with E-state index in [1.807, 2.05) is 0 Å². The third-order valence-electron chi connectivity index (χ3n) is 3.65. The zero-order valence-electron chi connectivity index (χ0n) is 12.4. The number of nitrogens with zero attached hydrogens (tertiary/aromatic N) is 2. The second-order valence-electron chi connectivity index (χ2n) is 5.26. The topological polar surface area (TPSA) is 85.1 Å². The Morgan fingerprint density at radius 3 is 2.91 bits per heavy atom. The first-order valence-corrected chi connectivity index (χ1v) is 8.43. The van der Waals surface area contributed by atoms with Gasteiger partial charge in [0.15, 0.2) is 11.6 Å². The second kappa shape index (κ2) is 7.42. The van der Waals surface area contributed by atoms with E-state index < -0.39 is 0 Å². The van der Waals surface area contributed by atoms with Crippen molar-refractivity contribution in [2.24, 2.45) is 0 Å². The first-order chi connectivity index (χ1) is 10.8. The lowest BCUT2D eigenvalue weighted by molar-refractivity contribution is 0.120. The van der Waals surface area contributed by atoms with Gasteiger partial charge in [-0.2, -0.15) is 0 Å². The van der Waals surface area contributed by atoms with Gasteiger partial charge in [0, 0.05) is 24.6 Å². The molecule has 0 radical (unpaired) electrons. The Morgan fingerprint density at radius 1 is 1.32 bits per heavy atom. The normalized spacial score (nSPS) is 17.5. The number of hydrogen-bond donors (Lipinski definition) is 3. The van der Waals surface area contributed by atoms with E-state index in [1.54, 1.807) is 11.3 Å². The van der Waals surface area contributed by atoms with Gasteiger partial charge in [0.25, 0.3) is 0 Å². The third-order valence-corrected chi connectivity index (χ3v) is 4.59.